The van der Waals surface area contributed by atoms with Crippen molar-refractivity contribution in [1.29, 1.82) is 0 Å². The zero-order chi connectivity index (χ0) is 18.0. The van der Waals surface area contributed by atoms with E-state index < -0.39 is 29.6 Å². The molecule has 132 valence electrons. The van der Waals surface area contributed by atoms with Crippen molar-refractivity contribution in [3.8, 4) is 0 Å². The van der Waals surface area contributed by atoms with Gasteiger partial charge in [0.2, 0.25) is 0 Å². The van der Waals surface area contributed by atoms with E-state index in [0.717, 1.165) is 43.4 Å². The Hall–Kier alpha value is -2.28. The molecule has 1 N–H and O–H groups in total. The van der Waals surface area contributed by atoms with Crippen molar-refractivity contribution in [2.45, 2.75) is 38.7 Å². The number of hydrogen-bond acceptors (Lipinski definition) is 4. The summed E-state index contributed by atoms with van der Waals surface area (Å²) in [6.07, 6.45) is 2.92. The first-order valence-electron chi connectivity index (χ1n) is 8.02. The predicted molar refractivity (Wildman–Crippen MR) is 90.8 cm³/mol. The summed E-state index contributed by atoms with van der Waals surface area (Å²) < 4.78 is 31.3. The number of benzene rings is 1. The number of carbonyl (C=O) groups excluding carboxylic acids is 2. The molecule has 0 saturated carbocycles. The van der Waals surface area contributed by atoms with E-state index in [1.165, 1.54) is 17.9 Å². The number of anilines is 1. The van der Waals surface area contributed by atoms with Crippen LogP contribution in [0.3, 0.4) is 0 Å². The van der Waals surface area contributed by atoms with E-state index in [4.69, 9.17) is 4.74 Å². The molecule has 1 amide bonds. The first-order valence-corrected chi connectivity index (χ1v) is 8.90. The van der Waals surface area contributed by atoms with Crippen molar-refractivity contribution in [3.05, 3.63) is 51.2 Å². The van der Waals surface area contributed by atoms with E-state index in [0.29, 0.717) is 5.56 Å². The van der Waals surface area contributed by atoms with Crippen LogP contribution in [0.25, 0.3) is 0 Å². The Morgan fingerprint density at radius 2 is 1.96 bits per heavy atom. The van der Waals surface area contributed by atoms with Crippen LogP contribution < -0.4 is 5.32 Å². The van der Waals surface area contributed by atoms with E-state index in [-0.39, 0.29) is 5.69 Å². The first kappa shape index (κ1) is 17.5. The van der Waals surface area contributed by atoms with Crippen molar-refractivity contribution in [2.75, 3.05) is 5.32 Å². The molecule has 25 heavy (non-hydrogen) atoms. The van der Waals surface area contributed by atoms with Crippen LogP contribution in [0.1, 0.15) is 40.6 Å². The Morgan fingerprint density at radius 1 is 1.20 bits per heavy atom. The highest BCUT2D eigenvalue weighted by atomic mass is 32.1. The predicted octanol–water partition coefficient (Wildman–Crippen LogP) is 4.09. The molecule has 0 aliphatic heterocycles. The molecule has 4 nitrogen and oxygen atoms in total. The van der Waals surface area contributed by atoms with Gasteiger partial charge in [0.1, 0.15) is 0 Å². The summed E-state index contributed by atoms with van der Waals surface area (Å²) in [6.45, 7) is 1.44. The van der Waals surface area contributed by atoms with Gasteiger partial charge in [0.25, 0.3) is 5.91 Å². The van der Waals surface area contributed by atoms with Gasteiger partial charge >= 0.3 is 5.97 Å². The van der Waals surface area contributed by atoms with Crippen LogP contribution in [-0.2, 0) is 22.4 Å². The number of carbonyl (C=O) groups is 2. The van der Waals surface area contributed by atoms with Gasteiger partial charge in [0.05, 0.1) is 5.56 Å². The normalized spacial score (nSPS) is 14.5. The number of hydrogen-bond donors (Lipinski definition) is 1. The van der Waals surface area contributed by atoms with Gasteiger partial charge < -0.3 is 10.1 Å². The van der Waals surface area contributed by atoms with Crippen LogP contribution in [0.2, 0.25) is 0 Å². The molecule has 1 aliphatic rings. The van der Waals surface area contributed by atoms with E-state index in [9.17, 15) is 18.4 Å². The minimum absolute atomic E-state index is 0.0970. The summed E-state index contributed by atoms with van der Waals surface area (Å²) in [7, 11) is 0. The topological polar surface area (TPSA) is 55.4 Å². The quantitative estimate of drug-likeness (QED) is 0.831. The van der Waals surface area contributed by atoms with Gasteiger partial charge in [0, 0.05) is 22.0 Å². The number of thiophene rings is 1. The Labute approximate surface area is 147 Å². The summed E-state index contributed by atoms with van der Waals surface area (Å²) in [6, 6.07) is 3.02. The van der Waals surface area contributed by atoms with E-state index >= 15 is 0 Å². The lowest BCUT2D eigenvalue weighted by Crippen LogP contribution is -2.30. The molecule has 7 heteroatoms. The molecule has 0 unspecified atom stereocenters. The lowest BCUT2D eigenvalue weighted by Gasteiger charge is -2.15. The average Bonchev–Trinajstić information content (AvgIpc) is 3.02. The monoisotopic (exact) mass is 365 g/mol. The number of aryl methyl sites for hydroxylation is 1. The standard InChI is InChI=1S/C18H17F2NO3S/c1-10(17(22)21-11-6-7-14(19)15(20)8-11)24-18(23)13-9-25-16-5-3-2-4-12(13)16/h6-10H,2-5H2,1H3,(H,21,22)/t10-/m1/s1. The zero-order valence-electron chi connectivity index (χ0n) is 13.6. The van der Waals surface area contributed by atoms with Gasteiger partial charge in [-0.2, -0.15) is 0 Å². The molecule has 2 aromatic rings. The van der Waals surface area contributed by atoms with E-state index in [1.807, 2.05) is 0 Å². The molecule has 1 aromatic heterocycles. The molecule has 1 aliphatic carbocycles. The highest BCUT2D eigenvalue weighted by Crippen LogP contribution is 2.30. The van der Waals surface area contributed by atoms with Crippen LogP contribution >= 0.6 is 11.3 Å². The Morgan fingerprint density at radius 3 is 2.72 bits per heavy atom. The number of fused-ring (bicyclic) bond motifs is 1. The molecule has 1 heterocycles. The second kappa shape index (κ2) is 7.31. The van der Waals surface area contributed by atoms with Crippen molar-refractivity contribution in [3.63, 3.8) is 0 Å². The summed E-state index contributed by atoms with van der Waals surface area (Å²) in [5.74, 6) is -3.21. The number of rotatable bonds is 4. The minimum Gasteiger partial charge on any atom is -0.449 e. The summed E-state index contributed by atoms with van der Waals surface area (Å²) in [5, 5.41) is 4.18. The first-order chi connectivity index (χ1) is 12.0. The van der Waals surface area contributed by atoms with Crippen molar-refractivity contribution < 1.29 is 23.1 Å². The minimum atomic E-state index is -1.06. The Kier molecular flexibility index (Phi) is 5.13. The molecular formula is C18H17F2NO3S. The molecular weight excluding hydrogens is 348 g/mol. The van der Waals surface area contributed by atoms with Gasteiger partial charge in [0.15, 0.2) is 17.7 Å². The fourth-order valence-corrected chi connectivity index (χ4v) is 3.88. The zero-order valence-corrected chi connectivity index (χ0v) is 14.4. The molecule has 0 fully saturated rings. The molecule has 3 rings (SSSR count). The maximum Gasteiger partial charge on any atom is 0.340 e. The second-order valence-electron chi connectivity index (χ2n) is 5.92. The van der Waals surface area contributed by atoms with Crippen LogP contribution in [0.5, 0.6) is 0 Å². The molecule has 0 bridgehead atoms. The van der Waals surface area contributed by atoms with E-state index in [1.54, 1.807) is 16.7 Å². The third-order valence-corrected chi connectivity index (χ3v) is 5.21. The fraction of sp³-hybridized carbons (Fsp3) is 0.333. The third-order valence-electron chi connectivity index (χ3n) is 4.12. The summed E-state index contributed by atoms with van der Waals surface area (Å²) >= 11 is 1.54. The molecule has 0 radical (unpaired) electrons. The number of halogens is 2. The molecule has 0 spiro atoms. The van der Waals surface area contributed by atoms with Crippen molar-refractivity contribution >= 4 is 28.9 Å². The number of ether oxygens (including phenoxy) is 1. The maximum absolute atomic E-state index is 13.2. The number of amides is 1. The summed E-state index contributed by atoms with van der Waals surface area (Å²) in [4.78, 5) is 25.6. The van der Waals surface area contributed by atoms with Crippen LogP contribution in [0.4, 0.5) is 14.5 Å². The van der Waals surface area contributed by atoms with Crippen LogP contribution in [-0.4, -0.2) is 18.0 Å². The molecule has 1 aromatic carbocycles. The van der Waals surface area contributed by atoms with E-state index in [2.05, 4.69) is 5.32 Å². The largest absolute Gasteiger partial charge is 0.449 e. The van der Waals surface area contributed by atoms with Gasteiger partial charge in [-0.3, -0.25) is 4.79 Å². The van der Waals surface area contributed by atoms with Gasteiger partial charge in [-0.15, -0.1) is 11.3 Å². The Bertz CT molecular complexity index is 819. The summed E-state index contributed by atoms with van der Waals surface area (Å²) in [5.41, 5.74) is 1.64. The van der Waals surface area contributed by atoms with Crippen molar-refractivity contribution in [1.82, 2.24) is 0 Å². The average molecular weight is 365 g/mol. The smallest absolute Gasteiger partial charge is 0.340 e. The van der Waals surface area contributed by atoms with Crippen LogP contribution in [0, 0.1) is 11.6 Å². The third kappa shape index (κ3) is 3.87. The fourth-order valence-electron chi connectivity index (χ4n) is 2.76. The maximum atomic E-state index is 13.2. The SMILES string of the molecule is C[C@@H](OC(=O)c1csc2c1CCCC2)C(=O)Nc1ccc(F)c(F)c1. The number of esters is 1. The van der Waals surface area contributed by atoms with Crippen LogP contribution in [0.15, 0.2) is 23.6 Å². The highest BCUT2D eigenvalue weighted by molar-refractivity contribution is 7.10. The van der Waals surface area contributed by atoms with Crippen molar-refractivity contribution in [2.24, 2.45) is 0 Å². The van der Waals surface area contributed by atoms with Gasteiger partial charge in [-0.1, -0.05) is 0 Å². The lowest BCUT2D eigenvalue weighted by molar-refractivity contribution is -0.123. The Balaban J connectivity index is 1.63. The highest BCUT2D eigenvalue weighted by Gasteiger charge is 2.24. The van der Waals surface area contributed by atoms with Gasteiger partial charge in [-0.25, -0.2) is 13.6 Å². The second-order valence-corrected chi connectivity index (χ2v) is 6.89. The molecule has 1 atom stereocenters. The lowest BCUT2D eigenvalue weighted by atomic mass is 9.96. The van der Waals surface area contributed by atoms with Gasteiger partial charge in [-0.05, 0) is 50.3 Å². The molecule has 0 saturated heterocycles. The number of nitrogens with one attached hydrogen (secondary N) is 1.